The summed E-state index contributed by atoms with van der Waals surface area (Å²) in [4.78, 5) is 4.31. The number of rotatable bonds is 4. The molecule has 1 heterocycles. The maximum absolute atomic E-state index is 12.3. The zero-order valence-corrected chi connectivity index (χ0v) is 17.3. The van der Waals surface area contributed by atoms with Gasteiger partial charge in [0.1, 0.15) is 0 Å². The standard InChI is InChI=1S/C13H29N5O2S.HI/c1-13(2,3)16-12(14)15-10-11-8-6-7-9-18(11)21(19,20)17(4)5;/h11H,6-10H2,1-5H3,(H3,14,15,16);1H. The van der Waals surface area contributed by atoms with Crippen LogP contribution in [0, 0.1) is 0 Å². The van der Waals surface area contributed by atoms with E-state index in [1.165, 1.54) is 4.31 Å². The van der Waals surface area contributed by atoms with Crippen molar-refractivity contribution in [3.63, 3.8) is 0 Å². The molecule has 7 nitrogen and oxygen atoms in total. The summed E-state index contributed by atoms with van der Waals surface area (Å²) in [5.74, 6) is 0.357. The largest absolute Gasteiger partial charge is 0.370 e. The summed E-state index contributed by atoms with van der Waals surface area (Å²) >= 11 is 0. The van der Waals surface area contributed by atoms with Crippen molar-refractivity contribution in [1.29, 1.82) is 0 Å². The minimum Gasteiger partial charge on any atom is -0.370 e. The lowest BCUT2D eigenvalue weighted by Crippen LogP contribution is -2.50. The molecule has 0 bridgehead atoms. The molecule has 0 aromatic rings. The highest BCUT2D eigenvalue weighted by molar-refractivity contribution is 14.0. The minimum absolute atomic E-state index is 0. The summed E-state index contributed by atoms with van der Waals surface area (Å²) < 4.78 is 27.5. The average molecular weight is 447 g/mol. The SMILES string of the molecule is CN(C)S(=O)(=O)N1CCCCC1CN=C(N)NC(C)(C)C.I. The quantitative estimate of drug-likeness (QED) is 0.382. The van der Waals surface area contributed by atoms with Crippen LogP contribution in [0.15, 0.2) is 4.99 Å². The zero-order chi connectivity index (χ0) is 16.3. The first-order valence-electron chi connectivity index (χ1n) is 7.31. The van der Waals surface area contributed by atoms with Gasteiger partial charge in [-0.1, -0.05) is 6.42 Å². The van der Waals surface area contributed by atoms with Gasteiger partial charge in [0.05, 0.1) is 6.54 Å². The summed E-state index contributed by atoms with van der Waals surface area (Å²) in [5.41, 5.74) is 5.69. The molecule has 0 amide bonds. The van der Waals surface area contributed by atoms with Crippen LogP contribution in [0.2, 0.25) is 0 Å². The Bertz CT molecular complexity index is 473. The smallest absolute Gasteiger partial charge is 0.281 e. The fraction of sp³-hybridized carbons (Fsp3) is 0.923. The van der Waals surface area contributed by atoms with Crippen molar-refractivity contribution in [2.75, 3.05) is 27.2 Å². The molecular formula is C13H30IN5O2S. The second-order valence-corrected chi connectivity index (χ2v) is 8.75. The Kier molecular flexibility index (Phi) is 8.60. The number of nitrogens with two attached hydrogens (primary N) is 1. The van der Waals surface area contributed by atoms with Crippen LogP contribution in [0.4, 0.5) is 0 Å². The normalized spacial score (nSPS) is 21.5. The topological polar surface area (TPSA) is 91.0 Å². The number of piperidine rings is 1. The first kappa shape index (κ1) is 21.9. The fourth-order valence-electron chi connectivity index (χ4n) is 2.30. The number of guanidine groups is 1. The van der Waals surface area contributed by atoms with Crippen molar-refractivity contribution >= 4 is 40.1 Å². The van der Waals surface area contributed by atoms with Crippen LogP contribution in [0.25, 0.3) is 0 Å². The molecule has 1 saturated heterocycles. The predicted octanol–water partition coefficient (Wildman–Crippen LogP) is 0.968. The van der Waals surface area contributed by atoms with Gasteiger partial charge < -0.3 is 11.1 Å². The number of halogens is 1. The highest BCUT2D eigenvalue weighted by Crippen LogP contribution is 2.21. The molecule has 0 aromatic heterocycles. The minimum atomic E-state index is -3.40. The molecule has 1 aliphatic rings. The third kappa shape index (κ3) is 6.55. The molecule has 22 heavy (non-hydrogen) atoms. The van der Waals surface area contributed by atoms with Crippen LogP contribution in [0.1, 0.15) is 40.0 Å². The van der Waals surface area contributed by atoms with Crippen LogP contribution in [-0.4, -0.2) is 61.8 Å². The van der Waals surface area contributed by atoms with Gasteiger partial charge in [-0.25, -0.2) is 0 Å². The van der Waals surface area contributed by atoms with Gasteiger partial charge in [0.25, 0.3) is 10.2 Å². The summed E-state index contributed by atoms with van der Waals surface area (Å²) in [6.07, 6.45) is 2.73. The second kappa shape index (κ2) is 8.65. The maximum Gasteiger partial charge on any atom is 0.281 e. The van der Waals surface area contributed by atoms with Crippen molar-refractivity contribution in [3.8, 4) is 0 Å². The van der Waals surface area contributed by atoms with Crippen molar-refractivity contribution in [1.82, 2.24) is 13.9 Å². The molecule has 132 valence electrons. The molecule has 3 N–H and O–H groups in total. The van der Waals surface area contributed by atoms with Gasteiger partial charge in [-0.3, -0.25) is 4.99 Å². The Morgan fingerprint density at radius 2 is 1.95 bits per heavy atom. The third-order valence-electron chi connectivity index (χ3n) is 3.31. The molecule has 1 fully saturated rings. The van der Waals surface area contributed by atoms with E-state index >= 15 is 0 Å². The molecule has 0 aliphatic carbocycles. The zero-order valence-electron chi connectivity index (χ0n) is 14.2. The Balaban J connectivity index is 0.00000441. The Morgan fingerprint density at radius 3 is 2.45 bits per heavy atom. The van der Waals surface area contributed by atoms with Crippen molar-refractivity contribution in [3.05, 3.63) is 0 Å². The first-order chi connectivity index (χ1) is 9.54. The predicted molar refractivity (Wildman–Crippen MR) is 102 cm³/mol. The average Bonchev–Trinajstić information content (AvgIpc) is 2.34. The summed E-state index contributed by atoms with van der Waals surface area (Å²) in [6.45, 7) is 6.94. The number of hydrogen-bond acceptors (Lipinski definition) is 3. The van der Waals surface area contributed by atoms with Crippen LogP contribution in [-0.2, 0) is 10.2 Å². The second-order valence-electron chi connectivity index (χ2n) is 6.65. The van der Waals surface area contributed by atoms with E-state index in [2.05, 4.69) is 10.3 Å². The summed E-state index contributed by atoms with van der Waals surface area (Å²) in [5, 5.41) is 3.08. The van der Waals surface area contributed by atoms with E-state index in [1.807, 2.05) is 20.8 Å². The van der Waals surface area contributed by atoms with Crippen molar-refractivity contribution in [2.24, 2.45) is 10.7 Å². The van der Waals surface area contributed by atoms with E-state index in [4.69, 9.17) is 5.73 Å². The number of aliphatic imine (C=N–C) groups is 1. The molecule has 1 aliphatic heterocycles. The Morgan fingerprint density at radius 1 is 1.36 bits per heavy atom. The Hall–Kier alpha value is -0.130. The lowest BCUT2D eigenvalue weighted by molar-refractivity contribution is 0.245. The summed E-state index contributed by atoms with van der Waals surface area (Å²) in [6, 6.07) is -0.119. The van der Waals surface area contributed by atoms with E-state index in [1.54, 1.807) is 18.4 Å². The van der Waals surface area contributed by atoms with E-state index < -0.39 is 10.2 Å². The highest BCUT2D eigenvalue weighted by Gasteiger charge is 2.33. The van der Waals surface area contributed by atoms with Gasteiger partial charge >= 0.3 is 0 Å². The fourth-order valence-corrected chi connectivity index (χ4v) is 3.63. The van der Waals surface area contributed by atoms with Gasteiger partial charge in [-0.15, -0.1) is 24.0 Å². The molecular weight excluding hydrogens is 417 g/mol. The lowest BCUT2D eigenvalue weighted by atomic mass is 10.1. The number of nitrogens with one attached hydrogen (secondary N) is 1. The maximum atomic E-state index is 12.3. The third-order valence-corrected chi connectivity index (χ3v) is 5.30. The van der Waals surface area contributed by atoms with Gasteiger partial charge in [0, 0.05) is 32.2 Å². The highest BCUT2D eigenvalue weighted by atomic mass is 127. The number of nitrogens with zero attached hydrogens (tertiary/aromatic N) is 3. The Labute approximate surface area is 151 Å². The molecule has 1 unspecified atom stereocenters. The van der Waals surface area contributed by atoms with Gasteiger partial charge in [0.15, 0.2) is 5.96 Å². The monoisotopic (exact) mass is 447 g/mol. The van der Waals surface area contributed by atoms with E-state index in [0.717, 1.165) is 19.3 Å². The number of hydrogen-bond donors (Lipinski definition) is 2. The lowest BCUT2D eigenvalue weighted by Gasteiger charge is -2.35. The van der Waals surface area contributed by atoms with Crippen LogP contribution in [0.3, 0.4) is 0 Å². The van der Waals surface area contributed by atoms with Crippen LogP contribution < -0.4 is 11.1 Å². The molecule has 9 heteroatoms. The van der Waals surface area contributed by atoms with Crippen molar-refractivity contribution < 1.29 is 8.42 Å². The van der Waals surface area contributed by atoms with E-state index in [-0.39, 0.29) is 35.6 Å². The van der Waals surface area contributed by atoms with Gasteiger partial charge in [0.2, 0.25) is 0 Å². The molecule has 0 spiro atoms. The molecule has 0 aromatic carbocycles. The molecule has 1 rings (SSSR count). The van der Waals surface area contributed by atoms with Gasteiger partial charge in [-0.05, 0) is 33.6 Å². The summed E-state index contributed by atoms with van der Waals surface area (Å²) in [7, 11) is -0.285. The first-order valence-corrected chi connectivity index (χ1v) is 8.71. The van der Waals surface area contributed by atoms with Crippen LogP contribution >= 0.6 is 24.0 Å². The van der Waals surface area contributed by atoms with E-state index in [0.29, 0.717) is 19.0 Å². The molecule has 1 atom stereocenters. The van der Waals surface area contributed by atoms with Crippen molar-refractivity contribution in [2.45, 2.75) is 51.6 Å². The van der Waals surface area contributed by atoms with Gasteiger partial charge in [-0.2, -0.15) is 17.0 Å². The molecule has 0 radical (unpaired) electrons. The molecule has 0 saturated carbocycles. The van der Waals surface area contributed by atoms with Crippen LogP contribution in [0.5, 0.6) is 0 Å². The van der Waals surface area contributed by atoms with E-state index in [9.17, 15) is 8.42 Å².